The summed E-state index contributed by atoms with van der Waals surface area (Å²) >= 11 is 0. The van der Waals surface area contributed by atoms with E-state index in [9.17, 15) is 0 Å². The lowest BCUT2D eigenvalue weighted by molar-refractivity contribution is 0.957. The Morgan fingerprint density at radius 1 is 1.13 bits per heavy atom. The smallest absolute Gasteiger partial charge is 0.275 e. The Morgan fingerprint density at radius 2 is 2.04 bits per heavy atom. The molecule has 0 saturated carbocycles. The summed E-state index contributed by atoms with van der Waals surface area (Å²) in [6.45, 7) is 9.13. The van der Waals surface area contributed by atoms with E-state index >= 15 is 0 Å². The Bertz CT molecular complexity index is 1050. The van der Waals surface area contributed by atoms with E-state index in [1.54, 1.807) is 6.20 Å². The zero-order valence-corrected chi connectivity index (χ0v) is 12.2. The van der Waals surface area contributed by atoms with Gasteiger partial charge in [-0.25, -0.2) is 4.98 Å². The van der Waals surface area contributed by atoms with Gasteiger partial charge in [0.05, 0.1) is 29.3 Å². The highest BCUT2D eigenvalue weighted by molar-refractivity contribution is 5.77. The maximum absolute atomic E-state index is 7.18. The van der Waals surface area contributed by atoms with Crippen molar-refractivity contribution in [3.8, 4) is 22.6 Å². The molecule has 0 saturated heterocycles. The highest BCUT2D eigenvalue weighted by Crippen LogP contribution is 2.28. The highest BCUT2D eigenvalue weighted by Gasteiger charge is 2.15. The molecule has 23 heavy (non-hydrogen) atoms. The summed E-state index contributed by atoms with van der Waals surface area (Å²) in [5.41, 5.74) is 4.69. The normalized spacial score (nSPS) is 10.8. The molecule has 0 aromatic carbocycles. The number of hydrogen-bond donors (Lipinski definition) is 1. The second-order valence-corrected chi connectivity index (χ2v) is 5.04. The lowest BCUT2D eigenvalue weighted by Gasteiger charge is -2.03. The van der Waals surface area contributed by atoms with Crippen LogP contribution in [0, 0.1) is 13.5 Å². The summed E-state index contributed by atoms with van der Waals surface area (Å²) in [6, 6.07) is 9.51. The summed E-state index contributed by atoms with van der Waals surface area (Å²) in [6.07, 6.45) is 3.22. The average Bonchev–Trinajstić information content (AvgIpc) is 3.21. The second-order valence-electron chi connectivity index (χ2n) is 5.04. The Balaban J connectivity index is 1.89. The monoisotopic (exact) mass is 301 g/mol. The van der Waals surface area contributed by atoms with Crippen LogP contribution in [-0.4, -0.2) is 29.8 Å². The summed E-state index contributed by atoms with van der Waals surface area (Å²) in [5.74, 6) is 0.376. The fourth-order valence-electron chi connectivity index (χ4n) is 2.44. The molecule has 0 amide bonds. The number of pyridine rings is 1. The van der Waals surface area contributed by atoms with Gasteiger partial charge in [0.1, 0.15) is 5.69 Å². The van der Waals surface area contributed by atoms with Gasteiger partial charge in [0, 0.05) is 11.8 Å². The molecule has 0 spiro atoms. The molecule has 7 nitrogen and oxygen atoms in total. The van der Waals surface area contributed by atoms with Gasteiger partial charge in [-0.05, 0) is 25.1 Å². The summed E-state index contributed by atoms with van der Waals surface area (Å²) in [5, 5.41) is 11.6. The molecular formula is C16H11N7. The van der Waals surface area contributed by atoms with Crippen molar-refractivity contribution < 1.29 is 0 Å². The number of aromatic amines is 1. The van der Waals surface area contributed by atoms with Gasteiger partial charge in [0.25, 0.3) is 5.82 Å². The molecule has 0 fully saturated rings. The minimum absolute atomic E-state index is 0.376. The molecule has 110 valence electrons. The summed E-state index contributed by atoms with van der Waals surface area (Å²) in [7, 11) is 0. The van der Waals surface area contributed by atoms with Crippen molar-refractivity contribution in [2.24, 2.45) is 0 Å². The van der Waals surface area contributed by atoms with E-state index in [2.05, 4.69) is 30.1 Å². The van der Waals surface area contributed by atoms with Crippen LogP contribution in [0.15, 0.2) is 42.7 Å². The first-order valence-corrected chi connectivity index (χ1v) is 6.96. The molecule has 0 radical (unpaired) electrons. The van der Waals surface area contributed by atoms with Crippen LogP contribution in [0.1, 0.15) is 5.69 Å². The van der Waals surface area contributed by atoms with Crippen LogP contribution in [0.25, 0.3) is 33.1 Å². The molecule has 4 rings (SSSR count). The number of fused-ring (bicyclic) bond motifs is 1. The third kappa shape index (κ3) is 2.13. The molecule has 0 atom stereocenters. The largest absolute Gasteiger partial charge is 0.360 e. The molecule has 1 N–H and O–H groups in total. The Hall–Kier alpha value is -3.53. The number of nitrogens with one attached hydrogen (secondary N) is 1. The van der Waals surface area contributed by atoms with Gasteiger partial charge in [-0.3, -0.25) is 10.1 Å². The second kappa shape index (κ2) is 5.03. The van der Waals surface area contributed by atoms with E-state index in [-0.39, 0.29) is 0 Å². The van der Waals surface area contributed by atoms with Gasteiger partial charge >= 0.3 is 0 Å². The molecule has 4 heterocycles. The first kappa shape index (κ1) is 13.2. The lowest BCUT2D eigenvalue weighted by Crippen LogP contribution is -1.95. The minimum atomic E-state index is 0.376. The number of nitrogens with zero attached hydrogens (tertiary/aromatic N) is 6. The minimum Gasteiger partial charge on any atom is -0.360 e. The number of aryl methyl sites for hydroxylation is 1. The van der Waals surface area contributed by atoms with Crippen molar-refractivity contribution in [2.45, 2.75) is 6.92 Å². The van der Waals surface area contributed by atoms with Gasteiger partial charge in [-0.2, -0.15) is 5.10 Å². The predicted octanol–water partition coefficient (Wildman–Crippen LogP) is 3.04. The van der Waals surface area contributed by atoms with Crippen molar-refractivity contribution in [1.82, 2.24) is 29.8 Å². The van der Waals surface area contributed by atoms with Crippen LogP contribution in [0.4, 0.5) is 5.82 Å². The van der Waals surface area contributed by atoms with E-state index in [0.717, 1.165) is 22.6 Å². The highest BCUT2D eigenvalue weighted by atomic mass is 15.3. The van der Waals surface area contributed by atoms with Gasteiger partial charge in [0.15, 0.2) is 0 Å². The van der Waals surface area contributed by atoms with Crippen LogP contribution in [0.3, 0.4) is 0 Å². The third-order valence-corrected chi connectivity index (χ3v) is 3.52. The number of rotatable bonds is 2. The number of aromatic nitrogens is 6. The van der Waals surface area contributed by atoms with Gasteiger partial charge in [-0.1, -0.05) is 17.7 Å². The first-order chi connectivity index (χ1) is 11.3. The molecule has 0 aliphatic heterocycles. The van der Waals surface area contributed by atoms with Crippen molar-refractivity contribution in [3.05, 3.63) is 59.8 Å². The van der Waals surface area contributed by atoms with E-state index < -0.39 is 0 Å². The zero-order chi connectivity index (χ0) is 15.8. The number of hydrogen-bond acceptors (Lipinski definition) is 4. The molecule has 0 aliphatic rings. The van der Waals surface area contributed by atoms with Gasteiger partial charge < -0.3 is 4.85 Å². The first-order valence-electron chi connectivity index (χ1n) is 6.96. The SMILES string of the molecule is [C-]#[N+]c1cnc2ccc(-c3cn[nH]c3-c3cccc(C)n3)nn12. The molecule has 4 aromatic heterocycles. The van der Waals surface area contributed by atoms with Crippen LogP contribution < -0.4 is 0 Å². The zero-order valence-electron chi connectivity index (χ0n) is 12.2. The fraction of sp³-hybridized carbons (Fsp3) is 0.0625. The topological polar surface area (TPSA) is 76.1 Å². The standard InChI is InChI=1S/C16H11N7/c1-10-4-3-5-13(20-10)16-11(8-19-21-16)12-6-7-14-18-9-15(17-2)23(14)22-12/h3-9H,1H3,(H,19,21). The number of H-pyrrole nitrogens is 1. The Labute approximate surface area is 131 Å². The van der Waals surface area contributed by atoms with Crippen LogP contribution in [0.5, 0.6) is 0 Å². The molecule has 4 aromatic rings. The molecule has 7 heteroatoms. The average molecular weight is 301 g/mol. The quantitative estimate of drug-likeness (QED) is 0.577. The molecule has 0 bridgehead atoms. The predicted molar refractivity (Wildman–Crippen MR) is 84.8 cm³/mol. The van der Waals surface area contributed by atoms with Crippen molar-refractivity contribution in [1.29, 1.82) is 0 Å². The van der Waals surface area contributed by atoms with E-state index in [1.165, 1.54) is 10.7 Å². The van der Waals surface area contributed by atoms with E-state index in [4.69, 9.17) is 6.57 Å². The van der Waals surface area contributed by atoms with Gasteiger partial charge in [0.2, 0.25) is 5.65 Å². The fourth-order valence-corrected chi connectivity index (χ4v) is 2.44. The third-order valence-electron chi connectivity index (χ3n) is 3.52. The van der Waals surface area contributed by atoms with Crippen molar-refractivity contribution >= 4 is 11.5 Å². The Morgan fingerprint density at radius 3 is 2.87 bits per heavy atom. The van der Waals surface area contributed by atoms with Crippen molar-refractivity contribution in [3.63, 3.8) is 0 Å². The maximum Gasteiger partial charge on any atom is 0.275 e. The number of imidazole rings is 1. The Kier molecular flexibility index (Phi) is 2.88. The lowest BCUT2D eigenvalue weighted by atomic mass is 10.1. The van der Waals surface area contributed by atoms with Crippen LogP contribution >= 0.6 is 0 Å². The van der Waals surface area contributed by atoms with Gasteiger partial charge in [-0.15, -0.1) is 4.52 Å². The van der Waals surface area contributed by atoms with E-state index in [0.29, 0.717) is 17.2 Å². The maximum atomic E-state index is 7.18. The van der Waals surface area contributed by atoms with E-state index in [1.807, 2.05) is 37.3 Å². The summed E-state index contributed by atoms with van der Waals surface area (Å²) < 4.78 is 1.53. The van der Waals surface area contributed by atoms with Crippen LogP contribution in [0.2, 0.25) is 0 Å². The molecule has 0 aliphatic carbocycles. The van der Waals surface area contributed by atoms with Crippen molar-refractivity contribution in [2.75, 3.05) is 0 Å². The molecular weight excluding hydrogens is 290 g/mol. The summed E-state index contributed by atoms with van der Waals surface area (Å²) in [4.78, 5) is 12.1. The van der Waals surface area contributed by atoms with Crippen LogP contribution in [-0.2, 0) is 0 Å². The molecule has 0 unspecified atom stereocenters.